The highest BCUT2D eigenvalue weighted by molar-refractivity contribution is 5.47. The van der Waals surface area contributed by atoms with E-state index in [0.717, 1.165) is 0 Å². The second kappa shape index (κ2) is 4.59. The van der Waals surface area contributed by atoms with Gasteiger partial charge in [-0.1, -0.05) is 0 Å². The molecule has 8 heavy (non-hydrogen) atoms. The fourth-order valence-corrected chi connectivity index (χ4v) is 0.392. The monoisotopic (exact) mass is 116 g/mol. The second-order valence-corrected chi connectivity index (χ2v) is 1.60. The first-order valence-electron chi connectivity index (χ1n) is 2.43. The number of carbonyl (C=O) groups excluding carboxylic acids is 1. The van der Waals surface area contributed by atoms with E-state index in [4.69, 9.17) is 4.74 Å². The number of rotatable bonds is 4. The normalized spacial score (nSPS) is 12.8. The third-order valence-corrected chi connectivity index (χ3v) is 0.722. The summed E-state index contributed by atoms with van der Waals surface area (Å²) in [5.41, 5.74) is 0. The SMILES string of the molecule is COCC(C)N[C]=O. The summed E-state index contributed by atoms with van der Waals surface area (Å²) >= 11 is 0. The molecule has 3 heteroatoms. The summed E-state index contributed by atoms with van der Waals surface area (Å²) in [7, 11) is 1.59. The predicted molar refractivity (Wildman–Crippen MR) is 30.2 cm³/mol. The lowest BCUT2D eigenvalue weighted by Crippen LogP contribution is -2.28. The molecular formula is C5H10NO2. The van der Waals surface area contributed by atoms with Gasteiger partial charge in [-0.3, -0.25) is 4.79 Å². The number of nitrogens with one attached hydrogen (secondary N) is 1. The van der Waals surface area contributed by atoms with E-state index in [1.54, 1.807) is 13.5 Å². The molecule has 0 aliphatic rings. The Bertz CT molecular complexity index is 65.4. The fraction of sp³-hybridized carbons (Fsp3) is 0.800. The van der Waals surface area contributed by atoms with E-state index in [0.29, 0.717) is 6.61 Å². The molecule has 47 valence electrons. The molecule has 0 aliphatic heterocycles. The van der Waals surface area contributed by atoms with E-state index >= 15 is 0 Å². The zero-order valence-corrected chi connectivity index (χ0v) is 5.10. The Balaban J connectivity index is 3.03. The maximum absolute atomic E-state index is 9.60. The minimum absolute atomic E-state index is 0.0671. The molecule has 0 saturated carbocycles. The molecule has 0 rings (SSSR count). The highest BCUT2D eigenvalue weighted by atomic mass is 16.5. The zero-order chi connectivity index (χ0) is 6.41. The van der Waals surface area contributed by atoms with Crippen molar-refractivity contribution in [3.63, 3.8) is 0 Å². The van der Waals surface area contributed by atoms with Crippen LogP contribution in [-0.2, 0) is 9.53 Å². The van der Waals surface area contributed by atoms with E-state index < -0.39 is 0 Å². The zero-order valence-electron chi connectivity index (χ0n) is 5.10. The van der Waals surface area contributed by atoms with Crippen LogP contribution < -0.4 is 5.32 Å². The molecule has 0 aromatic heterocycles. The summed E-state index contributed by atoms with van der Waals surface area (Å²) in [5.74, 6) is 0. The van der Waals surface area contributed by atoms with Crippen LogP contribution in [-0.4, -0.2) is 26.2 Å². The van der Waals surface area contributed by atoms with Gasteiger partial charge >= 0.3 is 6.41 Å². The molecular weight excluding hydrogens is 106 g/mol. The van der Waals surface area contributed by atoms with Gasteiger partial charge in [0.1, 0.15) is 0 Å². The molecule has 3 nitrogen and oxygen atoms in total. The Morgan fingerprint density at radius 2 is 2.50 bits per heavy atom. The van der Waals surface area contributed by atoms with Crippen LogP contribution in [0.3, 0.4) is 0 Å². The van der Waals surface area contributed by atoms with Crippen molar-refractivity contribution in [3.05, 3.63) is 0 Å². The minimum Gasteiger partial charge on any atom is -0.383 e. The van der Waals surface area contributed by atoms with Crippen LogP contribution in [0.25, 0.3) is 0 Å². The van der Waals surface area contributed by atoms with E-state index in [9.17, 15) is 4.79 Å². The lowest BCUT2D eigenvalue weighted by Gasteiger charge is -2.05. The first-order chi connectivity index (χ1) is 3.81. The highest BCUT2D eigenvalue weighted by Gasteiger charge is 1.95. The molecule has 0 fully saturated rings. The van der Waals surface area contributed by atoms with Crippen LogP contribution in [0.15, 0.2) is 0 Å². The van der Waals surface area contributed by atoms with Gasteiger partial charge in [0.15, 0.2) is 0 Å². The Morgan fingerprint density at radius 1 is 1.88 bits per heavy atom. The van der Waals surface area contributed by atoms with Crippen molar-refractivity contribution >= 4 is 6.41 Å². The Kier molecular flexibility index (Phi) is 4.26. The maximum atomic E-state index is 9.60. The largest absolute Gasteiger partial charge is 0.383 e. The van der Waals surface area contributed by atoms with Gasteiger partial charge in [-0.2, -0.15) is 0 Å². The first-order valence-corrected chi connectivity index (χ1v) is 2.43. The predicted octanol–water partition coefficient (Wildman–Crippen LogP) is -0.322. The third-order valence-electron chi connectivity index (χ3n) is 0.722. The lowest BCUT2D eigenvalue weighted by molar-refractivity contribution is 0.179. The van der Waals surface area contributed by atoms with Crippen molar-refractivity contribution in [1.29, 1.82) is 0 Å². The second-order valence-electron chi connectivity index (χ2n) is 1.60. The average Bonchev–Trinajstić information content (AvgIpc) is 1.68. The fourth-order valence-electron chi connectivity index (χ4n) is 0.392. The highest BCUT2D eigenvalue weighted by Crippen LogP contribution is 1.77. The van der Waals surface area contributed by atoms with E-state index in [1.165, 1.54) is 0 Å². The molecule has 0 aromatic carbocycles. The molecule has 0 aromatic rings. The molecule has 0 heterocycles. The summed E-state index contributed by atoms with van der Waals surface area (Å²) < 4.78 is 4.71. The van der Waals surface area contributed by atoms with Gasteiger partial charge in [-0.25, -0.2) is 0 Å². The summed E-state index contributed by atoms with van der Waals surface area (Å²) in [5, 5.41) is 2.42. The maximum Gasteiger partial charge on any atom is 0.309 e. The van der Waals surface area contributed by atoms with Crippen LogP contribution in [0, 0.1) is 0 Å². The number of amides is 1. The van der Waals surface area contributed by atoms with Crippen molar-refractivity contribution in [2.75, 3.05) is 13.7 Å². The van der Waals surface area contributed by atoms with Crippen LogP contribution in [0.5, 0.6) is 0 Å². The standard InChI is InChI=1S/C5H10NO2/c1-5(3-8-2)6-4-7/h5H,3H2,1-2H3,(H,6,7). The molecule has 1 atom stereocenters. The minimum atomic E-state index is 0.0671. The smallest absolute Gasteiger partial charge is 0.309 e. The van der Waals surface area contributed by atoms with Gasteiger partial charge in [0.05, 0.1) is 6.61 Å². The average molecular weight is 116 g/mol. The molecule has 0 spiro atoms. The Morgan fingerprint density at radius 3 is 2.88 bits per heavy atom. The summed E-state index contributed by atoms with van der Waals surface area (Å²) in [6, 6.07) is 0.0671. The van der Waals surface area contributed by atoms with Crippen LogP contribution in [0.4, 0.5) is 0 Å². The van der Waals surface area contributed by atoms with Crippen molar-refractivity contribution < 1.29 is 9.53 Å². The van der Waals surface area contributed by atoms with Crippen LogP contribution in [0.2, 0.25) is 0 Å². The Hall–Kier alpha value is -0.570. The van der Waals surface area contributed by atoms with Crippen molar-refractivity contribution in [1.82, 2.24) is 5.32 Å². The molecule has 0 bridgehead atoms. The first kappa shape index (κ1) is 7.43. The summed E-state index contributed by atoms with van der Waals surface area (Å²) in [6.45, 7) is 2.38. The number of methoxy groups -OCH3 is 1. The number of hydrogen-bond acceptors (Lipinski definition) is 2. The van der Waals surface area contributed by atoms with Gasteiger partial charge in [0.2, 0.25) is 0 Å². The van der Waals surface area contributed by atoms with Crippen molar-refractivity contribution in [2.45, 2.75) is 13.0 Å². The van der Waals surface area contributed by atoms with Gasteiger partial charge in [0.25, 0.3) is 0 Å². The molecule has 0 aliphatic carbocycles. The Labute approximate surface area is 49.0 Å². The summed E-state index contributed by atoms with van der Waals surface area (Å²) in [6.07, 6.45) is 1.57. The van der Waals surface area contributed by atoms with Gasteiger partial charge in [-0.05, 0) is 6.92 Å². The number of hydrogen-bond donors (Lipinski definition) is 1. The molecule has 1 N–H and O–H groups in total. The van der Waals surface area contributed by atoms with Gasteiger partial charge in [0, 0.05) is 13.2 Å². The molecule has 1 amide bonds. The van der Waals surface area contributed by atoms with E-state index in [-0.39, 0.29) is 6.04 Å². The summed E-state index contributed by atoms with van der Waals surface area (Å²) in [4.78, 5) is 9.60. The third kappa shape index (κ3) is 3.61. The van der Waals surface area contributed by atoms with Crippen LogP contribution in [0.1, 0.15) is 6.92 Å². The molecule has 1 radical (unpaired) electrons. The van der Waals surface area contributed by atoms with E-state index in [1.807, 2.05) is 6.92 Å². The molecule has 1 unspecified atom stereocenters. The van der Waals surface area contributed by atoms with E-state index in [2.05, 4.69) is 5.32 Å². The lowest BCUT2D eigenvalue weighted by atomic mass is 10.4. The quantitative estimate of drug-likeness (QED) is 0.511. The van der Waals surface area contributed by atoms with Gasteiger partial charge in [-0.15, -0.1) is 0 Å². The van der Waals surface area contributed by atoms with Crippen molar-refractivity contribution in [3.8, 4) is 0 Å². The van der Waals surface area contributed by atoms with Gasteiger partial charge < -0.3 is 10.1 Å². The van der Waals surface area contributed by atoms with Crippen LogP contribution >= 0.6 is 0 Å². The number of ether oxygens (including phenoxy) is 1. The molecule has 0 saturated heterocycles. The van der Waals surface area contributed by atoms with Crippen molar-refractivity contribution in [2.24, 2.45) is 0 Å². The topological polar surface area (TPSA) is 38.3 Å².